The van der Waals surface area contributed by atoms with Crippen molar-refractivity contribution in [1.29, 1.82) is 0 Å². The lowest BCUT2D eigenvalue weighted by molar-refractivity contribution is -0.123. The second-order valence-corrected chi connectivity index (χ2v) is 6.17. The lowest BCUT2D eigenvalue weighted by Gasteiger charge is -2.28. The first-order valence-corrected chi connectivity index (χ1v) is 7.38. The number of rotatable bonds is 2. The van der Waals surface area contributed by atoms with Gasteiger partial charge in [-0.25, -0.2) is 7.91 Å². The van der Waals surface area contributed by atoms with E-state index in [9.17, 15) is 9.59 Å². The lowest BCUT2D eigenvalue weighted by atomic mass is 9.80. The first-order valence-electron chi connectivity index (χ1n) is 6.42. The fraction of sp³-hybridized carbons (Fsp3) is 0.667. The van der Waals surface area contributed by atoms with Gasteiger partial charge in [-0.2, -0.15) is 0 Å². The first-order chi connectivity index (χ1) is 8.66. The smallest absolute Gasteiger partial charge is 0.333 e. The summed E-state index contributed by atoms with van der Waals surface area (Å²) in [5.74, 6) is 0.437. The highest BCUT2D eigenvalue weighted by Crippen LogP contribution is 2.36. The zero-order chi connectivity index (χ0) is 12.7. The van der Waals surface area contributed by atoms with Gasteiger partial charge in [0.1, 0.15) is 6.04 Å². The summed E-state index contributed by atoms with van der Waals surface area (Å²) in [5, 5.41) is 6.16. The number of nitrogens with zero attached hydrogens (tertiary/aromatic N) is 1. The molecule has 0 aromatic carbocycles. The summed E-state index contributed by atoms with van der Waals surface area (Å²) in [7, 11) is 0. The number of imide groups is 1. The van der Waals surface area contributed by atoms with E-state index in [1.54, 1.807) is 22.9 Å². The molecule has 2 heterocycles. The molecule has 18 heavy (non-hydrogen) atoms. The molecular formula is C12H16IN3O2. The van der Waals surface area contributed by atoms with Crippen LogP contribution in [0.2, 0.25) is 0 Å². The Hall–Kier alpha value is -0.790. The summed E-state index contributed by atoms with van der Waals surface area (Å²) in [6, 6.07) is -0.114. The molecule has 0 spiro atoms. The Morgan fingerprint density at radius 2 is 2.11 bits per heavy atom. The molecule has 2 N–H and O–H groups in total. The maximum absolute atomic E-state index is 11.9. The van der Waals surface area contributed by atoms with Crippen LogP contribution in [0.4, 0.5) is 4.79 Å². The predicted octanol–water partition coefficient (Wildman–Crippen LogP) is 1.69. The summed E-state index contributed by atoms with van der Waals surface area (Å²) >= 11 is 1.76. The topological polar surface area (TPSA) is 61.4 Å². The molecule has 98 valence electrons. The highest BCUT2D eigenvalue weighted by Gasteiger charge is 2.40. The highest BCUT2D eigenvalue weighted by molar-refractivity contribution is 14.1. The van der Waals surface area contributed by atoms with Gasteiger partial charge >= 0.3 is 6.03 Å². The van der Waals surface area contributed by atoms with Gasteiger partial charge in [0, 0.05) is 12.0 Å². The number of amides is 3. The van der Waals surface area contributed by atoms with Crippen LogP contribution in [0.25, 0.3) is 0 Å². The van der Waals surface area contributed by atoms with E-state index < -0.39 is 0 Å². The average molecular weight is 361 g/mol. The van der Waals surface area contributed by atoms with Crippen LogP contribution < -0.4 is 10.6 Å². The first kappa shape index (κ1) is 12.3. The van der Waals surface area contributed by atoms with E-state index in [4.69, 9.17) is 0 Å². The van der Waals surface area contributed by atoms with Crippen LogP contribution in [0.1, 0.15) is 32.1 Å². The predicted molar refractivity (Wildman–Crippen MR) is 74.8 cm³/mol. The summed E-state index contributed by atoms with van der Waals surface area (Å²) in [6.45, 7) is 0. The molecule has 1 saturated carbocycles. The van der Waals surface area contributed by atoms with Crippen molar-refractivity contribution in [1.82, 2.24) is 13.7 Å². The second-order valence-electron chi connectivity index (χ2n) is 5.21. The summed E-state index contributed by atoms with van der Waals surface area (Å²) < 4.78 is 1.14. The Kier molecular flexibility index (Phi) is 3.21. The van der Waals surface area contributed by atoms with Gasteiger partial charge in [0.15, 0.2) is 0 Å². The molecule has 3 atom stereocenters. The van der Waals surface area contributed by atoms with E-state index >= 15 is 0 Å². The Morgan fingerprint density at radius 3 is 2.83 bits per heavy atom. The molecule has 3 amide bonds. The SMILES string of the molecule is O=C1NC(CC2=CNC3CCCC[C@@H]23)C(=O)N1I. The number of fused-ring (bicyclic) bond motifs is 1. The third-order valence-electron chi connectivity index (χ3n) is 4.13. The molecule has 5 nitrogen and oxygen atoms in total. The summed E-state index contributed by atoms with van der Waals surface area (Å²) in [4.78, 5) is 23.3. The summed E-state index contributed by atoms with van der Waals surface area (Å²) in [5.41, 5.74) is 1.30. The lowest BCUT2D eigenvalue weighted by Crippen LogP contribution is -2.33. The van der Waals surface area contributed by atoms with Crippen molar-refractivity contribution in [2.24, 2.45) is 5.92 Å². The fourth-order valence-electron chi connectivity index (χ4n) is 3.18. The molecule has 2 aliphatic heterocycles. The molecule has 0 radical (unpaired) electrons. The molecule has 3 aliphatic rings. The highest BCUT2D eigenvalue weighted by atomic mass is 127. The van der Waals surface area contributed by atoms with Crippen LogP contribution in [0.15, 0.2) is 11.8 Å². The average Bonchev–Trinajstić information content (AvgIpc) is 2.89. The Bertz CT molecular complexity index is 424. The monoisotopic (exact) mass is 361 g/mol. The Morgan fingerprint density at radius 1 is 1.33 bits per heavy atom. The van der Waals surface area contributed by atoms with E-state index in [1.165, 1.54) is 31.3 Å². The maximum Gasteiger partial charge on any atom is 0.333 e. The van der Waals surface area contributed by atoms with Gasteiger partial charge < -0.3 is 10.6 Å². The van der Waals surface area contributed by atoms with Gasteiger partial charge in [0.2, 0.25) is 0 Å². The van der Waals surface area contributed by atoms with E-state index in [2.05, 4.69) is 16.8 Å². The molecule has 6 heteroatoms. The number of carbonyl (C=O) groups excluding carboxylic acids is 2. The number of urea groups is 1. The molecule has 0 aromatic rings. The van der Waals surface area contributed by atoms with Gasteiger partial charge in [0.25, 0.3) is 5.91 Å². The number of hydrogen-bond acceptors (Lipinski definition) is 3. The van der Waals surface area contributed by atoms with Gasteiger partial charge in [-0.1, -0.05) is 12.8 Å². The van der Waals surface area contributed by atoms with Crippen molar-refractivity contribution < 1.29 is 9.59 Å². The molecule has 1 saturated heterocycles. The van der Waals surface area contributed by atoms with Crippen molar-refractivity contribution in [3.63, 3.8) is 0 Å². The van der Waals surface area contributed by atoms with Crippen LogP contribution in [-0.4, -0.2) is 27.1 Å². The number of nitrogens with one attached hydrogen (secondary N) is 2. The van der Waals surface area contributed by atoms with Gasteiger partial charge in [-0.3, -0.25) is 4.79 Å². The second kappa shape index (κ2) is 4.71. The molecule has 2 fully saturated rings. The molecule has 0 aromatic heterocycles. The van der Waals surface area contributed by atoms with E-state index in [0.717, 1.165) is 3.11 Å². The number of halogens is 1. The van der Waals surface area contributed by atoms with Crippen LogP contribution in [-0.2, 0) is 4.79 Å². The van der Waals surface area contributed by atoms with E-state index in [0.29, 0.717) is 18.4 Å². The zero-order valence-electron chi connectivity index (χ0n) is 9.99. The van der Waals surface area contributed by atoms with Crippen LogP contribution in [0.5, 0.6) is 0 Å². The standard InChI is InChI=1S/C12H16IN3O2/c13-16-11(17)10(15-12(16)18)5-7-6-14-9-4-2-1-3-8(7)9/h6,8-10,14H,1-5H2,(H,15,18)/t8-,9?,10?/m0/s1. The fourth-order valence-corrected chi connectivity index (χ4v) is 3.66. The number of carbonyl (C=O) groups is 2. The van der Waals surface area contributed by atoms with Crippen LogP contribution >= 0.6 is 22.9 Å². The third-order valence-corrected chi connectivity index (χ3v) is 5.05. The van der Waals surface area contributed by atoms with Crippen molar-refractivity contribution in [2.75, 3.05) is 0 Å². The molecule has 0 bridgehead atoms. The zero-order valence-corrected chi connectivity index (χ0v) is 12.1. The van der Waals surface area contributed by atoms with Crippen molar-refractivity contribution >= 4 is 34.8 Å². The minimum Gasteiger partial charge on any atom is -0.388 e. The minimum absolute atomic E-state index is 0.124. The molecular weight excluding hydrogens is 345 g/mol. The molecule has 2 unspecified atom stereocenters. The molecule has 3 rings (SSSR count). The van der Waals surface area contributed by atoms with Crippen LogP contribution in [0.3, 0.4) is 0 Å². The summed E-state index contributed by atoms with van der Waals surface area (Å²) in [6.07, 6.45) is 7.69. The van der Waals surface area contributed by atoms with Crippen molar-refractivity contribution in [3.8, 4) is 0 Å². The van der Waals surface area contributed by atoms with Crippen molar-refractivity contribution in [3.05, 3.63) is 11.8 Å². The van der Waals surface area contributed by atoms with Gasteiger partial charge in [0.05, 0.1) is 22.9 Å². The maximum atomic E-state index is 11.9. The van der Waals surface area contributed by atoms with Gasteiger partial charge in [-0.05, 0) is 31.0 Å². The largest absolute Gasteiger partial charge is 0.388 e. The van der Waals surface area contributed by atoms with Crippen LogP contribution in [0, 0.1) is 5.92 Å². The van der Waals surface area contributed by atoms with Crippen molar-refractivity contribution in [2.45, 2.75) is 44.2 Å². The normalized spacial score (nSPS) is 35.1. The third kappa shape index (κ3) is 2.00. The van der Waals surface area contributed by atoms with Gasteiger partial charge in [-0.15, -0.1) is 0 Å². The minimum atomic E-state index is -0.372. The Labute approximate surface area is 120 Å². The van der Waals surface area contributed by atoms with E-state index in [1.807, 2.05) is 0 Å². The quantitative estimate of drug-likeness (QED) is 0.447. The number of hydrogen-bond donors (Lipinski definition) is 2. The Balaban J connectivity index is 1.67. The van der Waals surface area contributed by atoms with E-state index in [-0.39, 0.29) is 18.0 Å². The molecule has 1 aliphatic carbocycles.